The van der Waals surface area contributed by atoms with E-state index in [1.54, 1.807) is 11.0 Å². The van der Waals surface area contributed by atoms with Gasteiger partial charge in [-0.3, -0.25) is 4.79 Å². The number of carbonyl (C=O) groups is 2. The van der Waals surface area contributed by atoms with E-state index < -0.39 is 5.97 Å². The summed E-state index contributed by atoms with van der Waals surface area (Å²) in [7, 11) is 0. The number of ether oxygens (including phenoxy) is 1. The number of esters is 1. The van der Waals surface area contributed by atoms with Crippen LogP contribution in [0.3, 0.4) is 0 Å². The number of aryl methyl sites for hydroxylation is 1. The molecule has 1 heterocycles. The van der Waals surface area contributed by atoms with E-state index in [0.717, 1.165) is 28.8 Å². The van der Waals surface area contributed by atoms with E-state index in [2.05, 4.69) is 0 Å². The zero-order valence-corrected chi connectivity index (χ0v) is 14.2. The van der Waals surface area contributed by atoms with Crippen LogP contribution < -0.4 is 4.90 Å². The molecule has 24 heavy (non-hydrogen) atoms. The summed E-state index contributed by atoms with van der Waals surface area (Å²) in [4.78, 5) is 26.6. The molecule has 0 radical (unpaired) electrons. The minimum Gasteiger partial charge on any atom is -0.452 e. The second-order valence-electron chi connectivity index (χ2n) is 6.27. The van der Waals surface area contributed by atoms with Crippen molar-refractivity contribution in [1.82, 2.24) is 0 Å². The fourth-order valence-electron chi connectivity index (χ4n) is 3.19. The highest BCUT2D eigenvalue weighted by Gasteiger charge is 2.31. The molecule has 0 spiro atoms. The number of hydrogen-bond donors (Lipinski definition) is 0. The van der Waals surface area contributed by atoms with Gasteiger partial charge in [0, 0.05) is 11.7 Å². The molecule has 0 fully saturated rings. The van der Waals surface area contributed by atoms with Crippen molar-refractivity contribution in [1.29, 1.82) is 0 Å². The monoisotopic (exact) mass is 323 g/mol. The van der Waals surface area contributed by atoms with E-state index in [0.29, 0.717) is 5.56 Å². The van der Waals surface area contributed by atoms with E-state index in [9.17, 15) is 9.59 Å². The highest BCUT2D eigenvalue weighted by atomic mass is 16.5. The van der Waals surface area contributed by atoms with Gasteiger partial charge in [-0.15, -0.1) is 0 Å². The summed E-state index contributed by atoms with van der Waals surface area (Å²) in [5, 5.41) is 0. The van der Waals surface area contributed by atoms with Crippen molar-refractivity contribution in [2.75, 3.05) is 11.5 Å². The zero-order valence-electron chi connectivity index (χ0n) is 14.2. The van der Waals surface area contributed by atoms with Crippen molar-refractivity contribution >= 4 is 17.6 Å². The highest BCUT2D eigenvalue weighted by molar-refractivity contribution is 5.99. The summed E-state index contributed by atoms with van der Waals surface area (Å²) in [6, 6.07) is 13.4. The Labute approximate surface area is 142 Å². The van der Waals surface area contributed by atoms with E-state index in [-0.39, 0.29) is 18.6 Å². The van der Waals surface area contributed by atoms with Crippen molar-refractivity contribution < 1.29 is 14.3 Å². The predicted octanol–water partition coefficient (Wildman–Crippen LogP) is 3.44. The molecule has 124 valence electrons. The van der Waals surface area contributed by atoms with E-state index >= 15 is 0 Å². The average Bonchev–Trinajstić information content (AvgIpc) is 2.90. The first-order valence-electron chi connectivity index (χ1n) is 8.12. The number of nitrogens with zero attached hydrogens (tertiary/aromatic N) is 1. The molecule has 0 N–H and O–H groups in total. The van der Waals surface area contributed by atoms with Gasteiger partial charge >= 0.3 is 5.97 Å². The molecule has 0 saturated heterocycles. The number of para-hydroxylation sites is 1. The third-order valence-corrected chi connectivity index (χ3v) is 4.63. The quantitative estimate of drug-likeness (QED) is 0.813. The maximum absolute atomic E-state index is 12.6. The van der Waals surface area contributed by atoms with Crippen molar-refractivity contribution in [3.8, 4) is 0 Å². The molecule has 2 aromatic carbocycles. The Kier molecular flexibility index (Phi) is 4.38. The number of anilines is 1. The van der Waals surface area contributed by atoms with Crippen LogP contribution in [0.5, 0.6) is 0 Å². The maximum Gasteiger partial charge on any atom is 0.338 e. The van der Waals surface area contributed by atoms with E-state index in [1.807, 2.05) is 57.2 Å². The summed E-state index contributed by atoms with van der Waals surface area (Å²) >= 11 is 0. The van der Waals surface area contributed by atoms with Crippen LogP contribution in [-0.4, -0.2) is 24.5 Å². The molecule has 1 unspecified atom stereocenters. The van der Waals surface area contributed by atoms with Gasteiger partial charge in [0.25, 0.3) is 5.91 Å². The Hall–Kier alpha value is -2.62. The summed E-state index contributed by atoms with van der Waals surface area (Å²) in [6.07, 6.45) is 0.826. The van der Waals surface area contributed by atoms with Crippen molar-refractivity contribution in [3.05, 3.63) is 64.7 Å². The number of hydrogen-bond acceptors (Lipinski definition) is 3. The summed E-state index contributed by atoms with van der Waals surface area (Å²) in [5.41, 5.74) is 4.49. The lowest BCUT2D eigenvalue weighted by atomic mass is 10.0. The Morgan fingerprint density at radius 2 is 1.88 bits per heavy atom. The molecule has 0 saturated carbocycles. The Morgan fingerprint density at radius 3 is 2.67 bits per heavy atom. The molecule has 1 aliphatic heterocycles. The normalized spacial score (nSPS) is 16.0. The first-order valence-corrected chi connectivity index (χ1v) is 8.12. The third kappa shape index (κ3) is 2.92. The summed E-state index contributed by atoms with van der Waals surface area (Å²) < 4.78 is 5.27. The maximum atomic E-state index is 12.6. The van der Waals surface area contributed by atoms with Crippen LogP contribution in [-0.2, 0) is 16.0 Å². The van der Waals surface area contributed by atoms with Crippen LogP contribution in [0.15, 0.2) is 42.5 Å². The Morgan fingerprint density at radius 1 is 1.12 bits per heavy atom. The molecule has 4 nitrogen and oxygen atoms in total. The second kappa shape index (κ2) is 6.48. The van der Waals surface area contributed by atoms with E-state index in [1.165, 1.54) is 0 Å². The minimum absolute atomic E-state index is 0.0781. The molecule has 1 amide bonds. The summed E-state index contributed by atoms with van der Waals surface area (Å²) in [6.45, 7) is 5.59. The average molecular weight is 323 g/mol. The first kappa shape index (κ1) is 16.2. The van der Waals surface area contributed by atoms with Crippen molar-refractivity contribution in [2.24, 2.45) is 0 Å². The molecule has 0 bridgehead atoms. The van der Waals surface area contributed by atoms with Gasteiger partial charge in [0.05, 0.1) is 5.56 Å². The Balaban J connectivity index is 1.70. The first-order chi connectivity index (χ1) is 11.5. The van der Waals surface area contributed by atoms with Gasteiger partial charge in [-0.2, -0.15) is 0 Å². The summed E-state index contributed by atoms with van der Waals surface area (Å²) in [5.74, 6) is -0.643. The van der Waals surface area contributed by atoms with Gasteiger partial charge in [-0.05, 0) is 56.0 Å². The van der Waals surface area contributed by atoms with Gasteiger partial charge in [0.1, 0.15) is 0 Å². The molecule has 0 aromatic heterocycles. The minimum atomic E-state index is -0.454. The molecule has 4 heteroatoms. The second-order valence-corrected chi connectivity index (χ2v) is 6.27. The molecule has 1 atom stereocenters. The van der Waals surface area contributed by atoms with Crippen LogP contribution in [0, 0.1) is 13.8 Å². The largest absolute Gasteiger partial charge is 0.452 e. The number of benzene rings is 2. The number of carbonyl (C=O) groups excluding carboxylic acids is 2. The fourth-order valence-corrected chi connectivity index (χ4v) is 3.19. The Bertz CT molecular complexity index is 797. The van der Waals surface area contributed by atoms with E-state index in [4.69, 9.17) is 4.74 Å². The van der Waals surface area contributed by atoms with Gasteiger partial charge in [0.15, 0.2) is 6.61 Å². The fraction of sp³-hybridized carbons (Fsp3) is 0.300. The lowest BCUT2D eigenvalue weighted by molar-refractivity contribution is -0.122. The van der Waals surface area contributed by atoms with Gasteiger partial charge < -0.3 is 9.64 Å². The topological polar surface area (TPSA) is 46.6 Å². The van der Waals surface area contributed by atoms with Crippen molar-refractivity contribution in [2.45, 2.75) is 33.2 Å². The molecule has 1 aliphatic rings. The zero-order chi connectivity index (χ0) is 17.3. The number of rotatable bonds is 3. The lowest BCUT2D eigenvalue weighted by Crippen LogP contribution is -2.38. The van der Waals surface area contributed by atoms with Crippen LogP contribution in [0.1, 0.15) is 34.0 Å². The predicted molar refractivity (Wildman–Crippen MR) is 93.3 cm³/mol. The number of amides is 1. The van der Waals surface area contributed by atoms with Crippen LogP contribution in [0.4, 0.5) is 5.69 Å². The third-order valence-electron chi connectivity index (χ3n) is 4.63. The lowest BCUT2D eigenvalue weighted by Gasteiger charge is -2.22. The van der Waals surface area contributed by atoms with Crippen LogP contribution >= 0.6 is 0 Å². The molecule has 0 aliphatic carbocycles. The standard InChI is InChI=1S/C20H21NO3/c1-13-7-6-9-17(15(13)3)20(23)24-12-19(22)21-14(2)11-16-8-4-5-10-18(16)21/h4-10,14H,11-12H2,1-3H3. The van der Waals surface area contributed by atoms with Crippen molar-refractivity contribution in [3.63, 3.8) is 0 Å². The number of fused-ring (bicyclic) bond motifs is 1. The SMILES string of the molecule is Cc1cccc(C(=O)OCC(=O)N2c3ccccc3CC2C)c1C. The molecule has 2 aromatic rings. The van der Waals surface area contributed by atoms with Crippen LogP contribution in [0.25, 0.3) is 0 Å². The van der Waals surface area contributed by atoms with Crippen LogP contribution in [0.2, 0.25) is 0 Å². The van der Waals surface area contributed by atoms with Gasteiger partial charge in [0.2, 0.25) is 0 Å². The van der Waals surface area contributed by atoms with Gasteiger partial charge in [-0.1, -0.05) is 30.3 Å². The molecular weight excluding hydrogens is 302 g/mol. The molecular formula is C20H21NO3. The molecule has 3 rings (SSSR count). The van der Waals surface area contributed by atoms with Gasteiger partial charge in [-0.25, -0.2) is 4.79 Å². The highest BCUT2D eigenvalue weighted by Crippen LogP contribution is 2.31. The smallest absolute Gasteiger partial charge is 0.338 e.